The Morgan fingerprint density at radius 3 is 3.12 bits per heavy atom. The second kappa shape index (κ2) is 4.82. The number of carboxylic acid groups (broad SMARTS) is 1. The highest BCUT2D eigenvalue weighted by atomic mass is 16.4. The van der Waals surface area contributed by atoms with Crippen molar-refractivity contribution < 1.29 is 9.90 Å². The van der Waals surface area contributed by atoms with Gasteiger partial charge in [0.2, 0.25) is 0 Å². The molecular weight excluding hydrogens is 220 g/mol. The van der Waals surface area contributed by atoms with E-state index in [1.807, 2.05) is 6.07 Å². The van der Waals surface area contributed by atoms with Crippen LogP contribution in [0.3, 0.4) is 0 Å². The first-order valence-corrected chi connectivity index (χ1v) is 5.41. The van der Waals surface area contributed by atoms with Crippen molar-refractivity contribution in [3.63, 3.8) is 0 Å². The first-order valence-electron chi connectivity index (χ1n) is 5.41. The molecule has 0 saturated heterocycles. The standard InChI is InChI=1S/C11H14N4O2/c1-7(11(16)17)15-10-8(3-2-4-12-10)9-13-5-6-14-9/h2-4,7H,5-6H2,1H3,(H,12,15)(H,13,14)(H,16,17). The van der Waals surface area contributed by atoms with Crippen LogP contribution in [0.2, 0.25) is 0 Å². The van der Waals surface area contributed by atoms with E-state index in [0.29, 0.717) is 5.82 Å². The molecule has 1 atom stereocenters. The number of hydrogen-bond donors (Lipinski definition) is 3. The zero-order chi connectivity index (χ0) is 12.3. The lowest BCUT2D eigenvalue weighted by atomic mass is 10.2. The molecular formula is C11H14N4O2. The van der Waals surface area contributed by atoms with Gasteiger partial charge in [0.05, 0.1) is 12.1 Å². The molecule has 0 aliphatic carbocycles. The van der Waals surface area contributed by atoms with E-state index in [1.54, 1.807) is 19.2 Å². The highest BCUT2D eigenvalue weighted by Crippen LogP contribution is 2.14. The average Bonchev–Trinajstić information content (AvgIpc) is 2.83. The molecule has 6 nitrogen and oxygen atoms in total. The van der Waals surface area contributed by atoms with Crippen LogP contribution in [0.25, 0.3) is 0 Å². The van der Waals surface area contributed by atoms with Crippen LogP contribution in [0.1, 0.15) is 12.5 Å². The van der Waals surface area contributed by atoms with Crippen LogP contribution < -0.4 is 10.6 Å². The molecule has 6 heteroatoms. The third-order valence-corrected chi connectivity index (χ3v) is 2.46. The highest BCUT2D eigenvalue weighted by molar-refractivity contribution is 6.03. The van der Waals surface area contributed by atoms with Gasteiger partial charge in [0.15, 0.2) is 0 Å². The van der Waals surface area contributed by atoms with Crippen molar-refractivity contribution in [3.05, 3.63) is 23.9 Å². The molecule has 0 radical (unpaired) electrons. The van der Waals surface area contributed by atoms with E-state index < -0.39 is 12.0 Å². The number of hydrogen-bond acceptors (Lipinski definition) is 5. The maximum Gasteiger partial charge on any atom is 0.325 e. The minimum absolute atomic E-state index is 0.538. The van der Waals surface area contributed by atoms with Crippen LogP contribution in [-0.4, -0.2) is 41.0 Å². The number of anilines is 1. The van der Waals surface area contributed by atoms with Gasteiger partial charge in [-0.15, -0.1) is 0 Å². The zero-order valence-electron chi connectivity index (χ0n) is 9.47. The molecule has 1 aliphatic rings. The Morgan fingerprint density at radius 2 is 2.47 bits per heavy atom. The number of carbonyl (C=O) groups is 1. The maximum atomic E-state index is 10.8. The number of nitrogens with one attached hydrogen (secondary N) is 2. The van der Waals surface area contributed by atoms with Gasteiger partial charge < -0.3 is 15.7 Å². The molecule has 2 rings (SSSR count). The molecule has 1 unspecified atom stereocenters. The lowest BCUT2D eigenvalue weighted by Gasteiger charge is -2.13. The number of aromatic nitrogens is 1. The van der Waals surface area contributed by atoms with Gasteiger partial charge in [0, 0.05) is 12.7 Å². The Bertz CT molecular complexity index is 459. The molecule has 0 fully saturated rings. The molecule has 3 N–H and O–H groups in total. The number of amidine groups is 1. The number of rotatable bonds is 4. The molecule has 1 aromatic heterocycles. The van der Waals surface area contributed by atoms with Gasteiger partial charge in [-0.25, -0.2) is 4.98 Å². The highest BCUT2D eigenvalue weighted by Gasteiger charge is 2.17. The Morgan fingerprint density at radius 1 is 1.65 bits per heavy atom. The lowest BCUT2D eigenvalue weighted by Crippen LogP contribution is -2.28. The molecule has 0 aromatic carbocycles. The van der Waals surface area contributed by atoms with Crippen molar-refractivity contribution in [2.45, 2.75) is 13.0 Å². The normalized spacial score (nSPS) is 15.9. The largest absolute Gasteiger partial charge is 0.480 e. The fraction of sp³-hybridized carbons (Fsp3) is 0.364. The van der Waals surface area contributed by atoms with Gasteiger partial charge in [0.1, 0.15) is 17.7 Å². The quantitative estimate of drug-likeness (QED) is 0.698. The molecule has 0 saturated carbocycles. The lowest BCUT2D eigenvalue weighted by molar-refractivity contribution is -0.137. The van der Waals surface area contributed by atoms with Gasteiger partial charge in [-0.3, -0.25) is 9.79 Å². The number of carboxylic acids is 1. The molecule has 0 amide bonds. The van der Waals surface area contributed by atoms with Crippen LogP contribution in [0.15, 0.2) is 23.3 Å². The van der Waals surface area contributed by atoms with E-state index in [0.717, 1.165) is 24.5 Å². The van der Waals surface area contributed by atoms with Crippen molar-refractivity contribution in [2.75, 3.05) is 18.4 Å². The van der Waals surface area contributed by atoms with Crippen LogP contribution >= 0.6 is 0 Å². The van der Waals surface area contributed by atoms with Crippen molar-refractivity contribution in [1.29, 1.82) is 0 Å². The molecule has 0 bridgehead atoms. The minimum Gasteiger partial charge on any atom is -0.480 e. The Labute approximate surface area is 98.8 Å². The van der Waals surface area contributed by atoms with E-state index >= 15 is 0 Å². The third-order valence-electron chi connectivity index (χ3n) is 2.46. The van der Waals surface area contributed by atoms with E-state index in [9.17, 15) is 4.79 Å². The Hall–Kier alpha value is -2.11. The summed E-state index contributed by atoms with van der Waals surface area (Å²) in [6, 6.07) is 2.97. The van der Waals surface area contributed by atoms with Crippen LogP contribution in [0, 0.1) is 0 Å². The van der Waals surface area contributed by atoms with Crippen molar-refractivity contribution in [2.24, 2.45) is 4.99 Å². The van der Waals surface area contributed by atoms with Gasteiger partial charge in [-0.1, -0.05) is 0 Å². The summed E-state index contributed by atoms with van der Waals surface area (Å²) in [7, 11) is 0. The fourth-order valence-electron chi connectivity index (χ4n) is 1.56. The smallest absolute Gasteiger partial charge is 0.325 e. The van der Waals surface area contributed by atoms with Gasteiger partial charge in [0.25, 0.3) is 0 Å². The summed E-state index contributed by atoms with van der Waals surface area (Å²) in [4.78, 5) is 19.2. The number of aliphatic imine (C=N–C) groups is 1. The summed E-state index contributed by atoms with van der Waals surface area (Å²) < 4.78 is 0. The van der Waals surface area contributed by atoms with Crippen LogP contribution in [0.5, 0.6) is 0 Å². The SMILES string of the molecule is CC(Nc1ncccc1C1=NCCN1)C(=O)O. The first kappa shape index (κ1) is 11.4. The van der Waals surface area contributed by atoms with Crippen LogP contribution in [-0.2, 0) is 4.79 Å². The van der Waals surface area contributed by atoms with E-state index in [4.69, 9.17) is 5.11 Å². The van der Waals surface area contributed by atoms with Crippen molar-refractivity contribution >= 4 is 17.6 Å². The minimum atomic E-state index is -0.914. The molecule has 17 heavy (non-hydrogen) atoms. The van der Waals surface area contributed by atoms with Gasteiger partial charge in [-0.05, 0) is 19.1 Å². The van der Waals surface area contributed by atoms with E-state index in [1.165, 1.54) is 0 Å². The summed E-state index contributed by atoms with van der Waals surface area (Å²) in [5.41, 5.74) is 0.804. The summed E-state index contributed by atoms with van der Waals surface area (Å²) in [6.07, 6.45) is 1.62. The van der Waals surface area contributed by atoms with Gasteiger partial charge >= 0.3 is 5.97 Å². The summed E-state index contributed by atoms with van der Waals surface area (Å²) in [5.74, 6) is 0.386. The average molecular weight is 234 g/mol. The fourth-order valence-corrected chi connectivity index (χ4v) is 1.56. The summed E-state index contributed by atoms with van der Waals surface area (Å²) in [5, 5.41) is 14.9. The molecule has 0 spiro atoms. The zero-order valence-corrected chi connectivity index (χ0v) is 9.47. The number of pyridine rings is 1. The topological polar surface area (TPSA) is 86.6 Å². The molecule has 90 valence electrons. The summed E-state index contributed by atoms with van der Waals surface area (Å²) >= 11 is 0. The van der Waals surface area contributed by atoms with Crippen molar-refractivity contribution in [3.8, 4) is 0 Å². The second-order valence-corrected chi connectivity index (χ2v) is 3.76. The van der Waals surface area contributed by atoms with E-state index in [-0.39, 0.29) is 0 Å². The van der Waals surface area contributed by atoms with E-state index in [2.05, 4.69) is 20.6 Å². The molecule has 2 heterocycles. The van der Waals surface area contributed by atoms with Gasteiger partial charge in [-0.2, -0.15) is 0 Å². The maximum absolute atomic E-state index is 10.8. The predicted octanol–water partition coefficient (Wildman–Crippen LogP) is 0.316. The Balaban J connectivity index is 2.24. The first-order chi connectivity index (χ1) is 8.18. The molecule has 1 aliphatic heterocycles. The predicted molar refractivity (Wildman–Crippen MR) is 64.4 cm³/mol. The summed E-state index contributed by atoms with van der Waals surface area (Å²) in [6.45, 7) is 3.11. The number of nitrogens with zero attached hydrogens (tertiary/aromatic N) is 2. The monoisotopic (exact) mass is 234 g/mol. The third kappa shape index (κ3) is 2.52. The van der Waals surface area contributed by atoms with Crippen molar-refractivity contribution in [1.82, 2.24) is 10.3 Å². The Kier molecular flexibility index (Phi) is 3.22. The molecule has 1 aromatic rings. The second-order valence-electron chi connectivity index (χ2n) is 3.76. The number of aliphatic carboxylic acids is 1. The van der Waals surface area contributed by atoms with Crippen LogP contribution in [0.4, 0.5) is 5.82 Å².